The van der Waals surface area contributed by atoms with Gasteiger partial charge in [-0.3, -0.25) is 0 Å². The molecule has 2 N–H and O–H groups in total. The van der Waals surface area contributed by atoms with Crippen LogP contribution in [0.4, 0.5) is 11.6 Å². The highest BCUT2D eigenvalue weighted by atomic mass is 16.5. The highest BCUT2D eigenvalue weighted by Gasteiger charge is 2.28. The van der Waals surface area contributed by atoms with Gasteiger partial charge in [-0.25, -0.2) is 9.97 Å². The maximum atomic E-state index is 5.90. The fraction of sp³-hybridized carbons (Fsp3) is 0.714. The van der Waals surface area contributed by atoms with Crippen LogP contribution in [0.1, 0.15) is 44.3 Å². The van der Waals surface area contributed by atoms with E-state index in [1.807, 2.05) is 6.07 Å². The van der Waals surface area contributed by atoms with Gasteiger partial charge >= 0.3 is 0 Å². The van der Waals surface area contributed by atoms with Gasteiger partial charge in [0, 0.05) is 31.7 Å². The molecule has 2 aliphatic rings. The van der Waals surface area contributed by atoms with Gasteiger partial charge in [-0.05, 0) is 32.6 Å². The third kappa shape index (κ3) is 2.97. The highest BCUT2D eigenvalue weighted by molar-refractivity contribution is 5.48. The molecule has 3 rings (SSSR count). The lowest BCUT2D eigenvalue weighted by Crippen LogP contribution is -2.37. The van der Waals surface area contributed by atoms with Crippen LogP contribution >= 0.6 is 0 Å². The number of hydrogen-bond donors (Lipinski definition) is 1. The van der Waals surface area contributed by atoms with Gasteiger partial charge in [0.05, 0.1) is 6.10 Å². The summed E-state index contributed by atoms with van der Waals surface area (Å²) in [5.41, 5.74) is 5.90. The second kappa shape index (κ2) is 5.33. The summed E-state index contributed by atoms with van der Waals surface area (Å²) >= 11 is 0. The lowest BCUT2D eigenvalue weighted by molar-refractivity contribution is 0.0458. The van der Waals surface area contributed by atoms with Crippen molar-refractivity contribution in [1.29, 1.82) is 0 Å². The average Bonchev–Trinajstić information content (AvgIpc) is 3.23. The lowest BCUT2D eigenvalue weighted by Gasteiger charge is -2.32. The molecule has 0 aromatic carbocycles. The lowest BCUT2D eigenvalue weighted by atomic mass is 10.1. The molecule has 0 unspecified atom stereocenters. The van der Waals surface area contributed by atoms with Crippen LogP contribution in [0.3, 0.4) is 0 Å². The number of hydrogen-bond acceptors (Lipinski definition) is 5. The molecule has 1 aromatic heterocycles. The minimum atomic E-state index is 0.406. The van der Waals surface area contributed by atoms with Crippen molar-refractivity contribution in [3.8, 4) is 0 Å². The molecule has 0 bridgehead atoms. The van der Waals surface area contributed by atoms with Crippen molar-refractivity contribution in [3.63, 3.8) is 0 Å². The first-order chi connectivity index (χ1) is 9.26. The van der Waals surface area contributed by atoms with Crippen molar-refractivity contribution in [2.24, 2.45) is 0 Å². The topological polar surface area (TPSA) is 64.3 Å². The molecule has 104 valence electrons. The summed E-state index contributed by atoms with van der Waals surface area (Å²) in [7, 11) is 0. The van der Waals surface area contributed by atoms with E-state index in [9.17, 15) is 0 Å². The fourth-order valence-corrected chi connectivity index (χ4v) is 2.64. The smallest absolute Gasteiger partial charge is 0.136 e. The van der Waals surface area contributed by atoms with Crippen molar-refractivity contribution in [2.75, 3.05) is 30.3 Å². The van der Waals surface area contributed by atoms with Crippen molar-refractivity contribution in [1.82, 2.24) is 9.97 Å². The Morgan fingerprint density at radius 1 is 1.26 bits per heavy atom. The van der Waals surface area contributed by atoms with Crippen molar-refractivity contribution < 1.29 is 4.74 Å². The molecule has 1 saturated carbocycles. The SMILES string of the molecule is CCOC1CCN(c2cc(N)nc(C3CC3)n2)CC1. The van der Waals surface area contributed by atoms with E-state index in [0.29, 0.717) is 17.8 Å². The molecular weight excluding hydrogens is 240 g/mol. The molecule has 0 atom stereocenters. The minimum absolute atomic E-state index is 0.406. The normalized spacial score (nSPS) is 20.8. The van der Waals surface area contributed by atoms with Crippen molar-refractivity contribution in [2.45, 2.75) is 44.6 Å². The Hall–Kier alpha value is -1.36. The molecule has 0 spiro atoms. The van der Waals surface area contributed by atoms with E-state index in [1.165, 1.54) is 12.8 Å². The number of nitrogens with two attached hydrogens (primary N) is 1. The van der Waals surface area contributed by atoms with Crippen LogP contribution in [-0.4, -0.2) is 35.8 Å². The van der Waals surface area contributed by atoms with Gasteiger partial charge in [0.15, 0.2) is 0 Å². The van der Waals surface area contributed by atoms with Gasteiger partial charge in [-0.2, -0.15) is 0 Å². The van der Waals surface area contributed by atoms with Gasteiger partial charge in [-0.1, -0.05) is 0 Å². The Morgan fingerprint density at radius 2 is 2.00 bits per heavy atom. The Morgan fingerprint density at radius 3 is 2.63 bits per heavy atom. The van der Waals surface area contributed by atoms with Gasteiger partial charge in [-0.15, -0.1) is 0 Å². The first-order valence-corrected chi connectivity index (χ1v) is 7.27. The molecule has 5 heteroatoms. The van der Waals surface area contributed by atoms with Crippen LogP contribution in [0, 0.1) is 0 Å². The van der Waals surface area contributed by atoms with E-state index in [1.54, 1.807) is 0 Å². The molecular formula is C14H22N4O. The minimum Gasteiger partial charge on any atom is -0.384 e. The van der Waals surface area contributed by atoms with Crippen molar-refractivity contribution in [3.05, 3.63) is 11.9 Å². The van der Waals surface area contributed by atoms with Gasteiger partial charge in [0.25, 0.3) is 0 Å². The second-order valence-corrected chi connectivity index (χ2v) is 5.43. The molecule has 1 aliphatic carbocycles. The predicted molar refractivity (Wildman–Crippen MR) is 75.3 cm³/mol. The summed E-state index contributed by atoms with van der Waals surface area (Å²) in [5.74, 6) is 3.06. The third-order valence-corrected chi connectivity index (χ3v) is 3.86. The van der Waals surface area contributed by atoms with E-state index in [2.05, 4.69) is 21.8 Å². The molecule has 2 fully saturated rings. The Balaban J connectivity index is 1.69. The number of rotatable bonds is 4. The fourth-order valence-electron chi connectivity index (χ4n) is 2.64. The number of ether oxygens (including phenoxy) is 1. The summed E-state index contributed by atoms with van der Waals surface area (Å²) in [6.45, 7) is 4.84. The van der Waals surface area contributed by atoms with Gasteiger partial charge < -0.3 is 15.4 Å². The average molecular weight is 262 g/mol. The van der Waals surface area contributed by atoms with Crippen LogP contribution in [0.25, 0.3) is 0 Å². The highest BCUT2D eigenvalue weighted by Crippen LogP contribution is 2.39. The second-order valence-electron chi connectivity index (χ2n) is 5.43. The zero-order valence-electron chi connectivity index (χ0n) is 11.5. The molecule has 1 saturated heterocycles. The third-order valence-electron chi connectivity index (χ3n) is 3.86. The summed E-state index contributed by atoms with van der Waals surface area (Å²) in [5, 5.41) is 0. The largest absolute Gasteiger partial charge is 0.384 e. The van der Waals surface area contributed by atoms with E-state index in [4.69, 9.17) is 10.5 Å². The number of anilines is 2. The van der Waals surface area contributed by atoms with Gasteiger partial charge in [0.1, 0.15) is 17.5 Å². The van der Waals surface area contributed by atoms with E-state index < -0.39 is 0 Å². The maximum absolute atomic E-state index is 5.90. The molecule has 2 heterocycles. The quantitative estimate of drug-likeness (QED) is 0.898. The first kappa shape index (κ1) is 12.7. The number of nitrogens with zero attached hydrogens (tertiary/aromatic N) is 3. The zero-order chi connectivity index (χ0) is 13.2. The number of aromatic nitrogens is 2. The summed E-state index contributed by atoms with van der Waals surface area (Å²) in [6, 6.07) is 1.90. The van der Waals surface area contributed by atoms with Crippen LogP contribution < -0.4 is 10.6 Å². The summed E-state index contributed by atoms with van der Waals surface area (Å²) in [4.78, 5) is 11.3. The first-order valence-electron chi connectivity index (χ1n) is 7.27. The van der Waals surface area contributed by atoms with Crippen LogP contribution in [0.15, 0.2) is 6.07 Å². The summed E-state index contributed by atoms with van der Waals surface area (Å²) < 4.78 is 5.68. The van der Waals surface area contributed by atoms with E-state index >= 15 is 0 Å². The molecule has 1 aliphatic heterocycles. The van der Waals surface area contributed by atoms with Crippen molar-refractivity contribution >= 4 is 11.6 Å². The molecule has 0 radical (unpaired) electrons. The van der Waals surface area contributed by atoms with Crippen LogP contribution in [-0.2, 0) is 4.74 Å². The van der Waals surface area contributed by atoms with Gasteiger partial charge in [0.2, 0.25) is 0 Å². The van der Waals surface area contributed by atoms with Crippen LogP contribution in [0.2, 0.25) is 0 Å². The molecule has 0 amide bonds. The number of piperidine rings is 1. The van der Waals surface area contributed by atoms with Crippen LogP contribution in [0.5, 0.6) is 0 Å². The summed E-state index contributed by atoms with van der Waals surface area (Å²) in [6.07, 6.45) is 4.95. The number of nitrogen functional groups attached to an aromatic ring is 1. The molecule has 5 nitrogen and oxygen atoms in total. The predicted octanol–water partition coefficient (Wildman–Crippen LogP) is 1.94. The Labute approximate surface area is 114 Å². The van der Waals surface area contributed by atoms with E-state index in [0.717, 1.165) is 44.2 Å². The zero-order valence-corrected chi connectivity index (χ0v) is 11.5. The van der Waals surface area contributed by atoms with E-state index in [-0.39, 0.29) is 0 Å². The Bertz CT molecular complexity index is 439. The molecule has 19 heavy (non-hydrogen) atoms. The Kier molecular flexibility index (Phi) is 3.55. The molecule has 1 aromatic rings. The maximum Gasteiger partial charge on any atom is 0.136 e. The monoisotopic (exact) mass is 262 g/mol. The standard InChI is InChI=1S/C14H22N4O/c1-2-19-11-5-7-18(8-6-11)13-9-12(15)16-14(17-13)10-3-4-10/h9-11H,2-8H2,1H3,(H2,15,16,17).